The predicted molar refractivity (Wildman–Crippen MR) is 69.8 cm³/mol. The molecule has 1 atom stereocenters. The van der Waals surface area contributed by atoms with E-state index in [0.29, 0.717) is 13.2 Å². The number of nitro benzene ring substituents is 1. The Balaban J connectivity index is 2.47. The van der Waals surface area contributed by atoms with Crippen LogP contribution >= 0.6 is 15.9 Å². The molecule has 8 heteroatoms. The monoisotopic (exact) mass is 334 g/mol. The van der Waals surface area contributed by atoms with Gasteiger partial charge in [0.05, 0.1) is 41.3 Å². The van der Waals surface area contributed by atoms with Crippen molar-refractivity contribution in [3.05, 3.63) is 32.5 Å². The van der Waals surface area contributed by atoms with Crippen LogP contribution in [0.3, 0.4) is 0 Å². The molecule has 1 aliphatic rings. The van der Waals surface area contributed by atoms with Crippen LogP contribution in [0.4, 0.5) is 15.8 Å². The summed E-state index contributed by atoms with van der Waals surface area (Å²) in [5, 5.41) is 20.3. The fourth-order valence-electron chi connectivity index (χ4n) is 2.03. The molecule has 1 saturated heterocycles. The number of hydrogen-bond donors (Lipinski definition) is 1. The molecule has 0 aliphatic carbocycles. The largest absolute Gasteiger partial charge is 0.394 e. The van der Waals surface area contributed by atoms with Gasteiger partial charge in [-0.2, -0.15) is 0 Å². The molecule has 6 nitrogen and oxygen atoms in total. The van der Waals surface area contributed by atoms with Crippen LogP contribution in [0, 0.1) is 15.9 Å². The number of nitrogens with zero attached hydrogens (tertiary/aromatic N) is 2. The number of hydrogen-bond acceptors (Lipinski definition) is 5. The summed E-state index contributed by atoms with van der Waals surface area (Å²) in [7, 11) is 0. The quantitative estimate of drug-likeness (QED) is 0.672. The molecule has 0 bridgehead atoms. The minimum Gasteiger partial charge on any atom is -0.394 e. The van der Waals surface area contributed by atoms with Crippen molar-refractivity contribution in [3.63, 3.8) is 0 Å². The smallest absolute Gasteiger partial charge is 0.295 e. The van der Waals surface area contributed by atoms with Gasteiger partial charge in [-0.25, -0.2) is 4.39 Å². The second-order valence-electron chi connectivity index (χ2n) is 4.12. The molecule has 0 amide bonds. The minimum atomic E-state index is -0.691. The summed E-state index contributed by atoms with van der Waals surface area (Å²) in [4.78, 5) is 12.1. The molecule has 1 unspecified atom stereocenters. The molecule has 2 rings (SSSR count). The van der Waals surface area contributed by atoms with E-state index >= 15 is 0 Å². The Morgan fingerprint density at radius 1 is 1.63 bits per heavy atom. The van der Waals surface area contributed by atoms with Crippen LogP contribution in [0.15, 0.2) is 16.6 Å². The highest BCUT2D eigenvalue weighted by Gasteiger charge is 2.29. The number of anilines is 1. The molecule has 1 aromatic carbocycles. The van der Waals surface area contributed by atoms with Gasteiger partial charge in [0.25, 0.3) is 5.69 Å². The van der Waals surface area contributed by atoms with Crippen LogP contribution in [-0.4, -0.2) is 42.4 Å². The van der Waals surface area contributed by atoms with E-state index in [4.69, 9.17) is 4.74 Å². The van der Waals surface area contributed by atoms with Gasteiger partial charge in [0.15, 0.2) is 0 Å². The Labute approximate surface area is 117 Å². The molecule has 0 saturated carbocycles. The van der Waals surface area contributed by atoms with E-state index in [1.807, 2.05) is 0 Å². The van der Waals surface area contributed by atoms with E-state index in [9.17, 15) is 19.6 Å². The average Bonchev–Trinajstić information content (AvgIpc) is 2.41. The first-order valence-electron chi connectivity index (χ1n) is 5.63. The maximum atomic E-state index is 13.4. The molecule has 0 radical (unpaired) electrons. The standard InChI is InChI=1S/C11H12BrFN2O4/c12-8-3-10(11(15(17)18)4-9(8)13)14-1-2-19-6-7(14)5-16/h3-4,7,16H,1-2,5-6H2. The number of nitro groups is 1. The first kappa shape index (κ1) is 14.2. The number of rotatable bonds is 3. The molecule has 0 spiro atoms. The van der Waals surface area contributed by atoms with Crippen molar-refractivity contribution in [2.45, 2.75) is 6.04 Å². The summed E-state index contributed by atoms with van der Waals surface area (Å²) in [6.45, 7) is 0.904. The molecule has 1 aromatic rings. The van der Waals surface area contributed by atoms with Gasteiger partial charge >= 0.3 is 0 Å². The maximum absolute atomic E-state index is 13.4. The van der Waals surface area contributed by atoms with Gasteiger partial charge < -0.3 is 14.7 Å². The SMILES string of the molecule is O=[N+]([O-])c1cc(F)c(Br)cc1N1CCOCC1CO. The van der Waals surface area contributed by atoms with Crippen LogP contribution in [0.25, 0.3) is 0 Å². The minimum absolute atomic E-state index is 0.149. The van der Waals surface area contributed by atoms with Gasteiger partial charge in [-0.05, 0) is 22.0 Å². The molecule has 104 valence electrons. The Morgan fingerprint density at radius 3 is 3.00 bits per heavy atom. The van der Waals surface area contributed by atoms with Gasteiger partial charge in [0.2, 0.25) is 0 Å². The molecule has 0 aromatic heterocycles. The van der Waals surface area contributed by atoms with E-state index in [-0.39, 0.29) is 35.1 Å². The summed E-state index contributed by atoms with van der Waals surface area (Å²) in [5.74, 6) is -0.691. The zero-order valence-corrected chi connectivity index (χ0v) is 11.5. The van der Waals surface area contributed by atoms with E-state index in [0.717, 1.165) is 6.07 Å². The lowest BCUT2D eigenvalue weighted by molar-refractivity contribution is -0.384. The molecular formula is C11H12BrFN2O4. The summed E-state index contributed by atoms with van der Waals surface area (Å²) in [6.07, 6.45) is 0. The summed E-state index contributed by atoms with van der Waals surface area (Å²) >= 11 is 3.02. The van der Waals surface area contributed by atoms with Crippen molar-refractivity contribution in [1.29, 1.82) is 0 Å². The second kappa shape index (κ2) is 5.81. The normalized spacial score (nSPS) is 19.5. The number of morpholine rings is 1. The molecule has 1 aliphatic heterocycles. The average molecular weight is 335 g/mol. The van der Waals surface area contributed by atoms with Gasteiger partial charge in [-0.1, -0.05) is 0 Å². The summed E-state index contributed by atoms with van der Waals surface area (Å²) in [6, 6.07) is 1.87. The van der Waals surface area contributed by atoms with E-state index in [2.05, 4.69) is 15.9 Å². The van der Waals surface area contributed by atoms with E-state index < -0.39 is 10.7 Å². The van der Waals surface area contributed by atoms with Crippen molar-refractivity contribution >= 4 is 27.3 Å². The molecule has 1 heterocycles. The van der Waals surface area contributed by atoms with Crippen LogP contribution in [0.2, 0.25) is 0 Å². The number of aliphatic hydroxyl groups excluding tert-OH is 1. The zero-order valence-electron chi connectivity index (χ0n) is 9.88. The fraction of sp³-hybridized carbons (Fsp3) is 0.455. The number of aliphatic hydroxyl groups is 1. The number of halogens is 2. The zero-order chi connectivity index (χ0) is 14.0. The van der Waals surface area contributed by atoms with Gasteiger partial charge in [-0.15, -0.1) is 0 Å². The highest BCUT2D eigenvalue weighted by Crippen LogP contribution is 2.35. The van der Waals surface area contributed by atoms with Crippen LogP contribution in [0.5, 0.6) is 0 Å². The molecule has 19 heavy (non-hydrogen) atoms. The third kappa shape index (κ3) is 2.85. The Bertz CT molecular complexity index is 500. The van der Waals surface area contributed by atoms with Crippen LogP contribution in [0.1, 0.15) is 0 Å². The fourth-order valence-corrected chi connectivity index (χ4v) is 2.36. The maximum Gasteiger partial charge on any atom is 0.295 e. The predicted octanol–water partition coefficient (Wildman–Crippen LogP) is 1.69. The Hall–Kier alpha value is -1.25. The van der Waals surface area contributed by atoms with Crippen molar-refractivity contribution in [1.82, 2.24) is 0 Å². The van der Waals surface area contributed by atoms with Crippen molar-refractivity contribution < 1.29 is 19.2 Å². The highest BCUT2D eigenvalue weighted by atomic mass is 79.9. The first-order chi connectivity index (χ1) is 9.04. The van der Waals surface area contributed by atoms with Gasteiger partial charge in [0, 0.05) is 6.54 Å². The second-order valence-corrected chi connectivity index (χ2v) is 4.97. The third-order valence-electron chi connectivity index (χ3n) is 2.96. The van der Waals surface area contributed by atoms with Crippen molar-refractivity contribution in [2.24, 2.45) is 0 Å². The lowest BCUT2D eigenvalue weighted by Gasteiger charge is -2.35. The number of benzene rings is 1. The molecule has 1 N–H and O–H groups in total. The Kier molecular flexibility index (Phi) is 4.33. The lowest BCUT2D eigenvalue weighted by atomic mass is 10.1. The van der Waals surface area contributed by atoms with E-state index in [1.165, 1.54) is 6.07 Å². The van der Waals surface area contributed by atoms with Crippen molar-refractivity contribution in [2.75, 3.05) is 31.3 Å². The highest BCUT2D eigenvalue weighted by molar-refractivity contribution is 9.10. The summed E-state index contributed by atoms with van der Waals surface area (Å²) in [5.41, 5.74) is -0.0401. The number of ether oxygens (including phenoxy) is 1. The lowest BCUT2D eigenvalue weighted by Crippen LogP contribution is -2.47. The third-order valence-corrected chi connectivity index (χ3v) is 3.57. The van der Waals surface area contributed by atoms with Gasteiger partial charge in [0.1, 0.15) is 11.5 Å². The Morgan fingerprint density at radius 2 is 2.37 bits per heavy atom. The molecular weight excluding hydrogens is 323 g/mol. The first-order valence-corrected chi connectivity index (χ1v) is 6.42. The topological polar surface area (TPSA) is 75.8 Å². The van der Waals surface area contributed by atoms with Crippen LogP contribution in [-0.2, 0) is 4.74 Å². The summed E-state index contributed by atoms with van der Waals surface area (Å²) < 4.78 is 18.8. The van der Waals surface area contributed by atoms with Crippen molar-refractivity contribution in [3.8, 4) is 0 Å². The van der Waals surface area contributed by atoms with E-state index in [1.54, 1.807) is 4.90 Å². The van der Waals surface area contributed by atoms with Gasteiger partial charge in [-0.3, -0.25) is 10.1 Å². The molecule has 1 fully saturated rings. The van der Waals surface area contributed by atoms with Crippen LogP contribution < -0.4 is 4.90 Å².